The van der Waals surface area contributed by atoms with Crippen LogP contribution in [0.15, 0.2) is 46.9 Å². The Labute approximate surface area is 115 Å². The summed E-state index contributed by atoms with van der Waals surface area (Å²) in [5, 5.41) is 0.849. The molecule has 3 aromatic rings. The zero-order chi connectivity index (χ0) is 14.3. The summed E-state index contributed by atoms with van der Waals surface area (Å²) in [6.45, 7) is 3.54. The fraction of sp³-hybridized carbons (Fsp3) is 0.118. The van der Waals surface area contributed by atoms with Crippen LogP contribution in [0.4, 0.5) is 4.39 Å². The van der Waals surface area contributed by atoms with Gasteiger partial charge in [-0.25, -0.2) is 4.39 Å². The van der Waals surface area contributed by atoms with Gasteiger partial charge in [0.05, 0.1) is 5.56 Å². The van der Waals surface area contributed by atoms with Gasteiger partial charge in [-0.15, -0.1) is 0 Å². The number of hydrogen-bond acceptors (Lipinski definition) is 2. The average Bonchev–Trinajstić information content (AvgIpc) is 2.87. The highest BCUT2D eigenvalue weighted by atomic mass is 19.1. The minimum atomic E-state index is -0.491. The first-order valence-corrected chi connectivity index (χ1v) is 6.37. The van der Waals surface area contributed by atoms with Crippen molar-refractivity contribution in [3.63, 3.8) is 0 Å². The summed E-state index contributed by atoms with van der Waals surface area (Å²) in [4.78, 5) is 12.4. The van der Waals surface area contributed by atoms with Crippen molar-refractivity contribution >= 4 is 16.8 Å². The van der Waals surface area contributed by atoms with Crippen molar-refractivity contribution in [2.45, 2.75) is 13.8 Å². The predicted octanol–water partition coefficient (Wildman–Crippen LogP) is 4.42. The molecule has 0 saturated carbocycles. The van der Waals surface area contributed by atoms with E-state index in [0.29, 0.717) is 11.1 Å². The fourth-order valence-electron chi connectivity index (χ4n) is 2.28. The Hall–Kier alpha value is -2.42. The normalized spacial score (nSPS) is 10.9. The minimum Gasteiger partial charge on any atom is -0.452 e. The van der Waals surface area contributed by atoms with Crippen LogP contribution in [0.2, 0.25) is 0 Å². The van der Waals surface area contributed by atoms with E-state index in [-0.39, 0.29) is 11.3 Å². The van der Waals surface area contributed by atoms with E-state index in [9.17, 15) is 9.18 Å². The molecule has 0 amide bonds. The molecule has 0 unspecified atom stereocenters. The number of carbonyl (C=O) groups excluding carboxylic acids is 1. The standard InChI is InChI=1S/C17H13FO2/c1-10-5-4-8-13(15(10)18)16(19)14-9-12-7-3-6-11(2)17(12)20-14/h3-9H,1-2H3. The predicted molar refractivity (Wildman–Crippen MR) is 75.5 cm³/mol. The molecule has 0 saturated heterocycles. The van der Waals surface area contributed by atoms with E-state index in [0.717, 1.165) is 10.9 Å². The lowest BCUT2D eigenvalue weighted by Crippen LogP contribution is -2.04. The van der Waals surface area contributed by atoms with Crippen LogP contribution in [-0.2, 0) is 0 Å². The fourth-order valence-corrected chi connectivity index (χ4v) is 2.28. The highest BCUT2D eigenvalue weighted by Gasteiger charge is 2.19. The first-order chi connectivity index (χ1) is 9.58. The Morgan fingerprint density at radius 2 is 1.75 bits per heavy atom. The Bertz CT molecular complexity index is 815. The maximum atomic E-state index is 14.0. The topological polar surface area (TPSA) is 30.2 Å². The summed E-state index contributed by atoms with van der Waals surface area (Å²) in [6.07, 6.45) is 0. The molecule has 1 aromatic heterocycles. The van der Waals surface area contributed by atoms with Crippen LogP contribution < -0.4 is 0 Å². The van der Waals surface area contributed by atoms with Gasteiger partial charge in [-0.3, -0.25) is 4.79 Å². The first-order valence-electron chi connectivity index (χ1n) is 6.37. The Morgan fingerprint density at radius 3 is 2.50 bits per heavy atom. The zero-order valence-corrected chi connectivity index (χ0v) is 11.2. The van der Waals surface area contributed by atoms with E-state index in [1.807, 2.05) is 25.1 Å². The quantitative estimate of drug-likeness (QED) is 0.644. The van der Waals surface area contributed by atoms with Gasteiger partial charge in [-0.1, -0.05) is 30.3 Å². The number of rotatable bonds is 2. The third-order valence-corrected chi connectivity index (χ3v) is 3.40. The lowest BCUT2D eigenvalue weighted by molar-refractivity contribution is 0.101. The van der Waals surface area contributed by atoms with Crippen molar-refractivity contribution in [2.75, 3.05) is 0 Å². The third-order valence-electron chi connectivity index (χ3n) is 3.40. The summed E-state index contributed by atoms with van der Waals surface area (Å²) in [5.41, 5.74) is 2.11. The van der Waals surface area contributed by atoms with E-state index in [4.69, 9.17) is 4.42 Å². The van der Waals surface area contributed by atoms with Gasteiger partial charge >= 0.3 is 0 Å². The van der Waals surface area contributed by atoms with E-state index in [1.165, 1.54) is 6.07 Å². The summed E-state index contributed by atoms with van der Waals surface area (Å²) in [6, 6.07) is 12.1. The van der Waals surface area contributed by atoms with Crippen LogP contribution in [0, 0.1) is 19.7 Å². The summed E-state index contributed by atoms with van der Waals surface area (Å²) >= 11 is 0. The Balaban J connectivity index is 2.13. The summed E-state index contributed by atoms with van der Waals surface area (Å²) in [5.74, 6) is -0.754. The second kappa shape index (κ2) is 4.60. The van der Waals surface area contributed by atoms with Gasteiger partial charge in [-0.05, 0) is 37.1 Å². The van der Waals surface area contributed by atoms with Crippen molar-refractivity contribution in [2.24, 2.45) is 0 Å². The monoisotopic (exact) mass is 268 g/mol. The molecule has 2 aromatic carbocycles. The number of furan rings is 1. The Kier molecular flexibility index (Phi) is 2.90. The van der Waals surface area contributed by atoms with E-state index >= 15 is 0 Å². The minimum absolute atomic E-state index is 0.0432. The number of fused-ring (bicyclic) bond motifs is 1. The number of aryl methyl sites for hydroxylation is 2. The summed E-state index contributed by atoms with van der Waals surface area (Å²) < 4.78 is 19.6. The molecule has 0 aliphatic carbocycles. The molecule has 2 nitrogen and oxygen atoms in total. The molecule has 0 N–H and O–H groups in total. The van der Waals surface area contributed by atoms with Crippen LogP contribution in [0.25, 0.3) is 11.0 Å². The molecule has 100 valence electrons. The lowest BCUT2D eigenvalue weighted by atomic mass is 10.0. The van der Waals surface area contributed by atoms with Crippen molar-refractivity contribution in [3.05, 3.63) is 70.7 Å². The van der Waals surface area contributed by atoms with Gasteiger partial charge in [-0.2, -0.15) is 0 Å². The number of hydrogen-bond donors (Lipinski definition) is 0. The van der Waals surface area contributed by atoms with E-state index in [2.05, 4.69) is 0 Å². The average molecular weight is 268 g/mol. The highest BCUT2D eigenvalue weighted by molar-refractivity contribution is 6.09. The maximum absolute atomic E-state index is 14.0. The number of ketones is 1. The number of halogens is 1. The van der Waals surface area contributed by atoms with Crippen molar-refractivity contribution in [1.29, 1.82) is 0 Å². The smallest absolute Gasteiger partial charge is 0.231 e. The molecule has 0 bridgehead atoms. The van der Waals surface area contributed by atoms with Gasteiger partial charge in [0, 0.05) is 5.39 Å². The molecule has 0 aliphatic rings. The number of benzene rings is 2. The van der Waals surface area contributed by atoms with Crippen LogP contribution in [0.1, 0.15) is 27.2 Å². The summed E-state index contributed by atoms with van der Waals surface area (Å²) in [7, 11) is 0. The van der Waals surface area contributed by atoms with Crippen molar-refractivity contribution in [3.8, 4) is 0 Å². The highest BCUT2D eigenvalue weighted by Crippen LogP contribution is 2.25. The van der Waals surface area contributed by atoms with Crippen molar-refractivity contribution in [1.82, 2.24) is 0 Å². The second-order valence-corrected chi connectivity index (χ2v) is 4.87. The van der Waals surface area contributed by atoms with Gasteiger partial charge in [0.1, 0.15) is 11.4 Å². The molecule has 0 radical (unpaired) electrons. The largest absolute Gasteiger partial charge is 0.452 e. The van der Waals surface area contributed by atoms with E-state index < -0.39 is 11.6 Å². The van der Waals surface area contributed by atoms with Crippen LogP contribution >= 0.6 is 0 Å². The molecule has 1 heterocycles. The molecule has 3 heteroatoms. The third kappa shape index (κ3) is 1.92. The van der Waals surface area contributed by atoms with E-state index in [1.54, 1.807) is 25.1 Å². The Morgan fingerprint density at radius 1 is 1.05 bits per heavy atom. The molecule has 20 heavy (non-hydrogen) atoms. The van der Waals surface area contributed by atoms with Gasteiger partial charge < -0.3 is 4.42 Å². The van der Waals surface area contributed by atoms with Gasteiger partial charge in [0.2, 0.25) is 5.78 Å². The number of carbonyl (C=O) groups is 1. The maximum Gasteiger partial charge on any atom is 0.231 e. The molecule has 0 aliphatic heterocycles. The van der Waals surface area contributed by atoms with Crippen LogP contribution in [-0.4, -0.2) is 5.78 Å². The molecule has 0 spiro atoms. The van der Waals surface area contributed by atoms with Crippen LogP contribution in [0.5, 0.6) is 0 Å². The SMILES string of the molecule is Cc1cccc(C(=O)c2cc3cccc(C)c3o2)c1F. The van der Waals surface area contributed by atoms with Gasteiger partial charge in [0.15, 0.2) is 5.76 Å². The molecular formula is C17H13FO2. The molecule has 0 fully saturated rings. The van der Waals surface area contributed by atoms with Gasteiger partial charge in [0.25, 0.3) is 0 Å². The molecule has 0 atom stereocenters. The first kappa shape index (κ1) is 12.6. The zero-order valence-electron chi connectivity index (χ0n) is 11.2. The van der Waals surface area contributed by atoms with Crippen molar-refractivity contribution < 1.29 is 13.6 Å². The van der Waals surface area contributed by atoms with Crippen LogP contribution in [0.3, 0.4) is 0 Å². The molecule has 3 rings (SSSR count). The second-order valence-electron chi connectivity index (χ2n) is 4.87. The lowest BCUT2D eigenvalue weighted by Gasteiger charge is -2.02. The number of para-hydroxylation sites is 1. The molecular weight excluding hydrogens is 255 g/mol.